The Bertz CT molecular complexity index is 440. The third kappa shape index (κ3) is 1.48. The highest BCUT2D eigenvalue weighted by molar-refractivity contribution is 5.93. The van der Waals surface area contributed by atoms with Crippen molar-refractivity contribution in [1.82, 2.24) is 0 Å². The lowest BCUT2D eigenvalue weighted by Crippen LogP contribution is -2.12. The van der Waals surface area contributed by atoms with Crippen molar-refractivity contribution in [3.63, 3.8) is 0 Å². The summed E-state index contributed by atoms with van der Waals surface area (Å²) in [5.74, 6) is -2.86. The monoisotopic (exact) mass is 224 g/mol. The molecule has 16 heavy (non-hydrogen) atoms. The molecule has 0 unspecified atom stereocenters. The number of carboxylic acids is 2. The molecule has 5 nitrogen and oxygen atoms in total. The van der Waals surface area contributed by atoms with E-state index in [0.717, 1.165) is 0 Å². The van der Waals surface area contributed by atoms with Gasteiger partial charge in [-0.2, -0.15) is 0 Å². The Morgan fingerprint density at radius 2 is 1.44 bits per heavy atom. The fraction of sp³-hybridized carbons (Fsp3) is 0.455. The first-order chi connectivity index (χ1) is 7.32. The molecule has 1 heterocycles. The van der Waals surface area contributed by atoms with Crippen LogP contribution in [-0.4, -0.2) is 22.2 Å². The van der Waals surface area contributed by atoms with Crippen molar-refractivity contribution < 1.29 is 24.2 Å². The van der Waals surface area contributed by atoms with Gasteiger partial charge in [0, 0.05) is 11.1 Å². The van der Waals surface area contributed by atoms with Crippen LogP contribution in [0.5, 0.6) is 0 Å². The zero-order valence-corrected chi connectivity index (χ0v) is 9.03. The van der Waals surface area contributed by atoms with Gasteiger partial charge in [-0.05, 0) is 18.3 Å². The molecular weight excluding hydrogens is 212 g/mol. The third-order valence-electron chi connectivity index (χ3n) is 2.82. The van der Waals surface area contributed by atoms with Crippen LogP contribution in [0.1, 0.15) is 46.1 Å². The van der Waals surface area contributed by atoms with Gasteiger partial charge in [-0.3, -0.25) is 0 Å². The zero-order chi connectivity index (χ0) is 12.1. The zero-order valence-electron chi connectivity index (χ0n) is 9.03. The minimum absolute atomic E-state index is 0.101. The minimum Gasteiger partial charge on any atom is -0.475 e. The molecule has 0 atom stereocenters. The van der Waals surface area contributed by atoms with Crippen molar-refractivity contribution in [3.05, 3.63) is 22.6 Å². The van der Waals surface area contributed by atoms with E-state index in [9.17, 15) is 9.59 Å². The fourth-order valence-electron chi connectivity index (χ4n) is 2.24. The van der Waals surface area contributed by atoms with Gasteiger partial charge >= 0.3 is 11.9 Å². The minimum atomic E-state index is -1.21. The van der Waals surface area contributed by atoms with E-state index in [1.54, 1.807) is 0 Å². The molecule has 1 aromatic heterocycles. The molecule has 86 valence electrons. The predicted octanol–water partition coefficient (Wildman–Crippen LogP) is 1.80. The van der Waals surface area contributed by atoms with Crippen LogP contribution < -0.4 is 0 Å². The standard InChI is InChI=1S/C11H12O5/c1-11(2)3-5-6(4-11)8(10(14)15)16-7(5)9(12)13/h3-4H2,1-2H3,(H,12,13)(H,14,15). The predicted molar refractivity (Wildman–Crippen MR) is 53.8 cm³/mol. The molecule has 1 aliphatic rings. The molecule has 0 amide bonds. The van der Waals surface area contributed by atoms with E-state index in [4.69, 9.17) is 14.6 Å². The van der Waals surface area contributed by atoms with Crippen LogP contribution in [0.15, 0.2) is 4.42 Å². The number of carbonyl (C=O) groups is 2. The van der Waals surface area contributed by atoms with Crippen LogP contribution in [-0.2, 0) is 12.8 Å². The number of carboxylic acid groups (broad SMARTS) is 2. The molecule has 1 aromatic rings. The summed E-state index contributed by atoms with van der Waals surface area (Å²) in [7, 11) is 0. The molecule has 5 heteroatoms. The maximum absolute atomic E-state index is 10.9. The van der Waals surface area contributed by atoms with Crippen molar-refractivity contribution in [1.29, 1.82) is 0 Å². The van der Waals surface area contributed by atoms with Crippen molar-refractivity contribution in [2.75, 3.05) is 0 Å². The Morgan fingerprint density at radius 3 is 1.75 bits per heavy atom. The van der Waals surface area contributed by atoms with Crippen LogP contribution in [0.3, 0.4) is 0 Å². The molecule has 0 bridgehead atoms. The van der Waals surface area contributed by atoms with Gasteiger partial charge in [0.25, 0.3) is 0 Å². The van der Waals surface area contributed by atoms with Gasteiger partial charge in [-0.1, -0.05) is 13.8 Å². The molecule has 1 aliphatic carbocycles. The highest BCUT2D eigenvalue weighted by Crippen LogP contribution is 2.41. The molecule has 2 N–H and O–H groups in total. The third-order valence-corrected chi connectivity index (χ3v) is 2.82. The summed E-state index contributed by atoms with van der Waals surface area (Å²) < 4.78 is 4.90. The Balaban J connectivity index is 2.59. The van der Waals surface area contributed by atoms with E-state index in [1.807, 2.05) is 13.8 Å². The van der Waals surface area contributed by atoms with E-state index >= 15 is 0 Å². The fourth-order valence-corrected chi connectivity index (χ4v) is 2.24. The van der Waals surface area contributed by atoms with Crippen LogP contribution in [0.2, 0.25) is 0 Å². The summed E-state index contributed by atoms with van der Waals surface area (Å²) in [6.45, 7) is 3.95. The lowest BCUT2D eigenvalue weighted by molar-refractivity contribution is 0.0628. The van der Waals surface area contributed by atoms with Crippen LogP contribution in [0.25, 0.3) is 0 Å². The van der Waals surface area contributed by atoms with Crippen LogP contribution >= 0.6 is 0 Å². The highest BCUT2D eigenvalue weighted by atomic mass is 16.4. The second-order valence-electron chi connectivity index (χ2n) is 4.85. The van der Waals surface area contributed by atoms with Gasteiger partial charge in [0.15, 0.2) is 0 Å². The first-order valence-electron chi connectivity index (χ1n) is 4.93. The van der Waals surface area contributed by atoms with Gasteiger partial charge < -0.3 is 14.6 Å². The summed E-state index contributed by atoms with van der Waals surface area (Å²) in [6.07, 6.45) is 1.08. The Labute approximate surface area is 91.7 Å². The number of hydrogen-bond acceptors (Lipinski definition) is 3. The molecule has 0 saturated carbocycles. The number of aromatic carboxylic acids is 2. The van der Waals surface area contributed by atoms with E-state index in [-0.39, 0.29) is 16.9 Å². The van der Waals surface area contributed by atoms with E-state index in [2.05, 4.69) is 0 Å². The number of furan rings is 1. The molecule has 0 radical (unpaired) electrons. The topological polar surface area (TPSA) is 87.7 Å². The molecular formula is C11H12O5. The van der Waals surface area contributed by atoms with Crippen molar-refractivity contribution in [3.8, 4) is 0 Å². The summed E-state index contributed by atoms with van der Waals surface area (Å²) >= 11 is 0. The van der Waals surface area contributed by atoms with E-state index in [0.29, 0.717) is 24.0 Å². The largest absolute Gasteiger partial charge is 0.475 e. The normalized spacial score (nSPS) is 17.1. The Kier molecular flexibility index (Phi) is 2.08. The van der Waals surface area contributed by atoms with Gasteiger partial charge in [0.05, 0.1) is 0 Å². The lowest BCUT2D eigenvalue weighted by Gasteiger charge is -2.15. The molecule has 0 aromatic carbocycles. The average Bonchev–Trinajstić information content (AvgIpc) is 2.56. The first-order valence-corrected chi connectivity index (χ1v) is 4.93. The van der Waals surface area contributed by atoms with Crippen molar-refractivity contribution in [2.24, 2.45) is 5.41 Å². The summed E-state index contributed by atoms with van der Waals surface area (Å²) in [5.41, 5.74) is 0.973. The first kappa shape index (κ1) is 10.7. The van der Waals surface area contributed by atoms with Gasteiger partial charge in [-0.15, -0.1) is 0 Å². The molecule has 0 aliphatic heterocycles. The van der Waals surface area contributed by atoms with E-state index in [1.165, 1.54) is 0 Å². The van der Waals surface area contributed by atoms with Gasteiger partial charge in [-0.25, -0.2) is 9.59 Å². The molecule has 0 saturated heterocycles. The molecule has 2 rings (SSSR count). The van der Waals surface area contributed by atoms with Gasteiger partial charge in [0.2, 0.25) is 11.5 Å². The Morgan fingerprint density at radius 1 is 1.06 bits per heavy atom. The van der Waals surface area contributed by atoms with Crippen molar-refractivity contribution >= 4 is 11.9 Å². The Hall–Kier alpha value is -1.78. The molecule has 0 fully saturated rings. The summed E-state index contributed by atoms with van der Waals surface area (Å²) in [4.78, 5) is 21.8. The highest BCUT2D eigenvalue weighted by Gasteiger charge is 2.39. The second kappa shape index (κ2) is 3.10. The number of rotatable bonds is 2. The second-order valence-corrected chi connectivity index (χ2v) is 4.85. The quantitative estimate of drug-likeness (QED) is 0.799. The average molecular weight is 224 g/mol. The smallest absolute Gasteiger partial charge is 0.372 e. The lowest BCUT2D eigenvalue weighted by atomic mass is 9.90. The van der Waals surface area contributed by atoms with E-state index < -0.39 is 11.9 Å². The summed E-state index contributed by atoms with van der Waals surface area (Å²) in [6, 6.07) is 0. The van der Waals surface area contributed by atoms with Gasteiger partial charge in [0.1, 0.15) is 0 Å². The van der Waals surface area contributed by atoms with Crippen LogP contribution in [0, 0.1) is 5.41 Å². The number of hydrogen-bond donors (Lipinski definition) is 2. The number of fused-ring (bicyclic) bond motifs is 1. The summed E-state index contributed by atoms with van der Waals surface area (Å²) in [5, 5.41) is 17.9. The maximum atomic E-state index is 10.9. The SMILES string of the molecule is CC1(C)Cc2c(C(=O)O)oc(C(=O)O)c2C1. The van der Waals surface area contributed by atoms with Crippen LogP contribution in [0.4, 0.5) is 0 Å². The molecule has 0 spiro atoms. The maximum Gasteiger partial charge on any atom is 0.372 e. The van der Waals surface area contributed by atoms with Crippen molar-refractivity contribution in [2.45, 2.75) is 26.7 Å².